The molecule has 1 aromatic heterocycles. The first-order chi connectivity index (χ1) is 9.49. The van der Waals surface area contributed by atoms with Crippen molar-refractivity contribution < 1.29 is 9.90 Å². The molecule has 0 unspecified atom stereocenters. The normalized spacial score (nSPS) is 10.3. The first-order valence-electron chi connectivity index (χ1n) is 6.02. The van der Waals surface area contributed by atoms with Gasteiger partial charge in [-0.2, -0.15) is 0 Å². The summed E-state index contributed by atoms with van der Waals surface area (Å²) in [6, 6.07) is 7.59. The number of rotatable bonds is 3. The van der Waals surface area contributed by atoms with E-state index in [1.807, 2.05) is 6.92 Å². The Labute approximate surface area is 123 Å². The minimum absolute atomic E-state index is 0.0479. The average molecular weight is 337 g/mol. The number of phenolic OH excluding ortho intramolecular Hbond substituents is 1. The number of carbonyl (C=O) groups excluding carboxylic acids is 1. The summed E-state index contributed by atoms with van der Waals surface area (Å²) in [5.41, 5.74) is 0.904. The highest BCUT2D eigenvalue weighted by atomic mass is 79.9. The number of carbonyl (C=O) groups is 1. The van der Waals surface area contributed by atoms with Crippen LogP contribution in [0, 0.1) is 0 Å². The Balaban J connectivity index is 2.28. The van der Waals surface area contributed by atoms with E-state index in [0.29, 0.717) is 16.6 Å². The van der Waals surface area contributed by atoms with Gasteiger partial charge in [-0.15, -0.1) is 0 Å². The lowest BCUT2D eigenvalue weighted by atomic mass is 10.2. The fourth-order valence-electron chi connectivity index (χ4n) is 1.73. The lowest BCUT2D eigenvalue weighted by Crippen LogP contribution is -2.17. The van der Waals surface area contributed by atoms with Gasteiger partial charge in [0, 0.05) is 21.8 Å². The third-order valence-electron chi connectivity index (χ3n) is 2.75. The number of nitrogens with one attached hydrogen (secondary N) is 2. The summed E-state index contributed by atoms with van der Waals surface area (Å²) >= 11 is 3.22. The standard InChI is InChI=1S/C14H13BrN2O3/c1-2-10-5-8(6-13(19)16-10)14(20)17-11-4-3-9(15)7-12(11)18/h3-7,18H,2H2,1H3,(H,16,19)(H,17,20). The van der Waals surface area contributed by atoms with Gasteiger partial charge in [-0.1, -0.05) is 22.9 Å². The molecule has 0 saturated heterocycles. The van der Waals surface area contributed by atoms with Crippen molar-refractivity contribution >= 4 is 27.5 Å². The lowest BCUT2D eigenvalue weighted by molar-refractivity contribution is 0.102. The molecule has 0 saturated carbocycles. The van der Waals surface area contributed by atoms with E-state index in [9.17, 15) is 14.7 Å². The van der Waals surface area contributed by atoms with Gasteiger partial charge in [0.05, 0.1) is 5.69 Å². The van der Waals surface area contributed by atoms with Gasteiger partial charge in [0.2, 0.25) is 5.56 Å². The summed E-state index contributed by atoms with van der Waals surface area (Å²) in [6.45, 7) is 1.88. The van der Waals surface area contributed by atoms with Crippen LogP contribution in [0.2, 0.25) is 0 Å². The number of amides is 1. The van der Waals surface area contributed by atoms with E-state index in [1.165, 1.54) is 12.1 Å². The molecule has 2 rings (SSSR count). The number of anilines is 1. The number of aryl methyl sites for hydroxylation is 1. The van der Waals surface area contributed by atoms with E-state index >= 15 is 0 Å². The number of halogens is 1. The second-order valence-electron chi connectivity index (χ2n) is 4.23. The molecule has 0 aliphatic rings. The first-order valence-corrected chi connectivity index (χ1v) is 6.82. The van der Waals surface area contributed by atoms with Gasteiger partial charge in [0.1, 0.15) is 5.75 Å². The van der Waals surface area contributed by atoms with Crippen molar-refractivity contribution in [1.29, 1.82) is 0 Å². The Morgan fingerprint density at radius 3 is 2.75 bits per heavy atom. The summed E-state index contributed by atoms with van der Waals surface area (Å²) in [5.74, 6) is -0.489. The number of aromatic amines is 1. The van der Waals surface area contributed by atoms with Crippen LogP contribution in [-0.2, 0) is 6.42 Å². The van der Waals surface area contributed by atoms with Crippen molar-refractivity contribution in [2.75, 3.05) is 5.32 Å². The third-order valence-corrected chi connectivity index (χ3v) is 3.24. The Hall–Kier alpha value is -2.08. The molecular formula is C14H13BrN2O3. The van der Waals surface area contributed by atoms with Crippen LogP contribution in [0.5, 0.6) is 5.75 Å². The molecule has 1 amide bonds. The van der Waals surface area contributed by atoms with Crippen LogP contribution in [0.3, 0.4) is 0 Å². The molecule has 0 spiro atoms. The number of hydrogen-bond acceptors (Lipinski definition) is 3. The monoisotopic (exact) mass is 336 g/mol. The fraction of sp³-hybridized carbons (Fsp3) is 0.143. The number of aromatic hydroxyl groups is 1. The quantitative estimate of drug-likeness (QED) is 0.753. The third kappa shape index (κ3) is 3.27. The van der Waals surface area contributed by atoms with Crippen LogP contribution < -0.4 is 10.9 Å². The van der Waals surface area contributed by atoms with E-state index < -0.39 is 5.91 Å². The van der Waals surface area contributed by atoms with Crippen LogP contribution in [0.4, 0.5) is 5.69 Å². The number of pyridine rings is 1. The zero-order valence-electron chi connectivity index (χ0n) is 10.7. The largest absolute Gasteiger partial charge is 0.506 e. The first kappa shape index (κ1) is 14.3. The maximum atomic E-state index is 12.1. The molecule has 1 heterocycles. The van der Waals surface area contributed by atoms with Crippen molar-refractivity contribution in [1.82, 2.24) is 4.98 Å². The van der Waals surface area contributed by atoms with E-state index in [2.05, 4.69) is 26.2 Å². The Kier molecular flexibility index (Phi) is 4.24. The molecule has 2 aromatic rings. The highest BCUT2D eigenvalue weighted by Crippen LogP contribution is 2.27. The molecule has 3 N–H and O–H groups in total. The maximum absolute atomic E-state index is 12.1. The molecule has 0 bridgehead atoms. The van der Waals surface area contributed by atoms with E-state index in [-0.39, 0.29) is 22.6 Å². The second kappa shape index (κ2) is 5.92. The van der Waals surface area contributed by atoms with Gasteiger partial charge in [-0.25, -0.2) is 0 Å². The molecule has 0 radical (unpaired) electrons. The molecule has 104 valence electrons. The number of benzene rings is 1. The van der Waals surface area contributed by atoms with Gasteiger partial charge < -0.3 is 15.4 Å². The summed E-state index contributed by atoms with van der Waals surface area (Å²) in [4.78, 5) is 26.2. The summed E-state index contributed by atoms with van der Waals surface area (Å²) in [6.07, 6.45) is 0.625. The van der Waals surface area contributed by atoms with Crippen LogP contribution in [-0.4, -0.2) is 16.0 Å². The van der Waals surface area contributed by atoms with Gasteiger partial charge in [-0.3, -0.25) is 9.59 Å². The van der Waals surface area contributed by atoms with Crippen molar-refractivity contribution in [3.05, 3.63) is 56.4 Å². The Morgan fingerprint density at radius 1 is 1.35 bits per heavy atom. The topological polar surface area (TPSA) is 82.2 Å². The van der Waals surface area contributed by atoms with Crippen LogP contribution in [0.1, 0.15) is 23.0 Å². The zero-order chi connectivity index (χ0) is 14.7. The molecule has 0 fully saturated rings. The summed E-state index contributed by atoms with van der Waals surface area (Å²) in [5, 5.41) is 12.3. The molecule has 5 nitrogen and oxygen atoms in total. The van der Waals surface area contributed by atoms with Crippen LogP contribution in [0.25, 0.3) is 0 Å². The van der Waals surface area contributed by atoms with Crippen LogP contribution in [0.15, 0.2) is 39.6 Å². The molecule has 0 atom stereocenters. The van der Waals surface area contributed by atoms with Crippen molar-refractivity contribution in [2.45, 2.75) is 13.3 Å². The number of H-pyrrole nitrogens is 1. The van der Waals surface area contributed by atoms with Gasteiger partial charge in [-0.05, 0) is 30.7 Å². The Morgan fingerprint density at radius 2 is 2.10 bits per heavy atom. The van der Waals surface area contributed by atoms with Gasteiger partial charge >= 0.3 is 0 Å². The highest BCUT2D eigenvalue weighted by Gasteiger charge is 2.10. The molecule has 20 heavy (non-hydrogen) atoms. The molecular weight excluding hydrogens is 324 g/mol. The molecule has 6 heteroatoms. The highest BCUT2D eigenvalue weighted by molar-refractivity contribution is 9.10. The predicted molar refractivity (Wildman–Crippen MR) is 80.2 cm³/mol. The zero-order valence-corrected chi connectivity index (χ0v) is 12.3. The smallest absolute Gasteiger partial charge is 0.256 e. The minimum atomic E-state index is -0.441. The van der Waals surface area contributed by atoms with Crippen LogP contribution >= 0.6 is 15.9 Å². The van der Waals surface area contributed by atoms with Crippen molar-refractivity contribution in [2.24, 2.45) is 0 Å². The van der Waals surface area contributed by atoms with E-state index in [1.54, 1.807) is 18.2 Å². The number of hydrogen-bond donors (Lipinski definition) is 3. The Bertz CT molecular complexity index is 710. The predicted octanol–water partition coefficient (Wildman–Crippen LogP) is 2.66. The number of phenols is 1. The van der Waals surface area contributed by atoms with Gasteiger partial charge in [0.25, 0.3) is 5.91 Å². The molecule has 0 aliphatic heterocycles. The van der Waals surface area contributed by atoms with Crippen molar-refractivity contribution in [3.8, 4) is 5.75 Å². The van der Waals surface area contributed by atoms with E-state index in [4.69, 9.17) is 0 Å². The average Bonchev–Trinajstić information content (AvgIpc) is 2.41. The minimum Gasteiger partial charge on any atom is -0.506 e. The summed E-state index contributed by atoms with van der Waals surface area (Å²) in [7, 11) is 0. The van der Waals surface area contributed by atoms with E-state index in [0.717, 1.165) is 0 Å². The fourth-order valence-corrected chi connectivity index (χ4v) is 2.08. The lowest BCUT2D eigenvalue weighted by Gasteiger charge is -2.08. The maximum Gasteiger partial charge on any atom is 0.256 e. The van der Waals surface area contributed by atoms with Crippen molar-refractivity contribution in [3.63, 3.8) is 0 Å². The SMILES string of the molecule is CCc1cc(C(=O)Nc2ccc(Br)cc2O)cc(=O)[nH]1. The molecule has 0 aliphatic carbocycles. The second-order valence-corrected chi connectivity index (χ2v) is 5.14. The number of aromatic nitrogens is 1. The van der Waals surface area contributed by atoms with Gasteiger partial charge in [0.15, 0.2) is 0 Å². The summed E-state index contributed by atoms with van der Waals surface area (Å²) < 4.78 is 0.706. The molecule has 1 aromatic carbocycles.